The summed E-state index contributed by atoms with van der Waals surface area (Å²) >= 11 is 3.53. The number of halogens is 1. The minimum absolute atomic E-state index is 0.162. The monoisotopic (exact) mass is 435 g/mol. The molecule has 0 spiro atoms. The van der Waals surface area contributed by atoms with Crippen molar-refractivity contribution in [3.63, 3.8) is 0 Å². The lowest BCUT2D eigenvalue weighted by Crippen LogP contribution is -2.42. The van der Waals surface area contributed by atoms with E-state index in [1.807, 2.05) is 39.3 Å². The van der Waals surface area contributed by atoms with Crippen molar-refractivity contribution in [2.75, 3.05) is 41.8 Å². The van der Waals surface area contributed by atoms with Gasteiger partial charge in [-0.3, -0.25) is 4.99 Å². The second kappa shape index (κ2) is 9.80. The molecule has 0 aliphatic rings. The van der Waals surface area contributed by atoms with Gasteiger partial charge in [0.15, 0.2) is 5.96 Å². The van der Waals surface area contributed by atoms with Crippen molar-refractivity contribution in [2.24, 2.45) is 12.0 Å². The van der Waals surface area contributed by atoms with Crippen LogP contribution >= 0.6 is 15.9 Å². The van der Waals surface area contributed by atoms with Gasteiger partial charge in [0.25, 0.3) is 0 Å². The maximum Gasteiger partial charge on any atom is 0.193 e. The molecule has 0 amide bonds. The molecule has 0 fully saturated rings. The number of rotatable bonds is 7. The van der Waals surface area contributed by atoms with E-state index in [1.54, 1.807) is 7.11 Å². The van der Waals surface area contributed by atoms with Gasteiger partial charge >= 0.3 is 0 Å². The average molecular weight is 436 g/mol. The van der Waals surface area contributed by atoms with E-state index in [0.29, 0.717) is 0 Å². The molecular weight excluding hydrogens is 406 g/mol. The number of para-hydroxylation sites is 1. The van der Waals surface area contributed by atoms with Gasteiger partial charge < -0.3 is 24.4 Å². The Labute approximate surface area is 171 Å². The van der Waals surface area contributed by atoms with E-state index >= 15 is 0 Å². The zero-order chi connectivity index (χ0) is 20.0. The average Bonchev–Trinajstić information content (AvgIpc) is 2.95. The molecule has 1 unspecified atom stereocenters. The van der Waals surface area contributed by atoms with E-state index in [1.165, 1.54) is 5.69 Å². The summed E-state index contributed by atoms with van der Waals surface area (Å²) in [7, 11) is 11.8. The summed E-state index contributed by atoms with van der Waals surface area (Å²) in [5, 5.41) is 3.50. The molecule has 1 aromatic heterocycles. The van der Waals surface area contributed by atoms with Crippen molar-refractivity contribution in [3.8, 4) is 5.75 Å². The quantitative estimate of drug-likeness (QED) is 0.535. The normalized spacial score (nSPS) is 13.0. The molecule has 0 saturated heterocycles. The van der Waals surface area contributed by atoms with Crippen LogP contribution in [0.1, 0.15) is 17.3 Å². The van der Waals surface area contributed by atoms with Crippen LogP contribution in [-0.2, 0) is 13.6 Å². The largest absolute Gasteiger partial charge is 0.496 e. The maximum absolute atomic E-state index is 5.55. The topological polar surface area (TPSA) is 45.0 Å². The molecule has 0 radical (unpaired) electrons. The Morgan fingerprint density at radius 1 is 1.30 bits per heavy atom. The third-order valence-electron chi connectivity index (χ3n) is 4.62. The van der Waals surface area contributed by atoms with E-state index in [4.69, 9.17) is 4.74 Å². The first-order valence-corrected chi connectivity index (χ1v) is 9.68. The number of hydrogen-bond acceptors (Lipinski definition) is 3. The van der Waals surface area contributed by atoms with Crippen LogP contribution in [0.3, 0.4) is 0 Å². The zero-order valence-corrected chi connectivity index (χ0v) is 18.6. The number of guanidine groups is 1. The van der Waals surface area contributed by atoms with Crippen molar-refractivity contribution < 1.29 is 4.74 Å². The van der Waals surface area contributed by atoms with E-state index in [0.717, 1.165) is 34.8 Å². The molecular formula is C20H30BrN5O. The number of nitrogens with zero attached hydrogens (tertiary/aromatic N) is 4. The summed E-state index contributed by atoms with van der Waals surface area (Å²) in [6, 6.07) is 10.4. The van der Waals surface area contributed by atoms with Crippen LogP contribution in [0.5, 0.6) is 5.75 Å². The molecule has 7 heteroatoms. The molecule has 1 heterocycles. The first-order chi connectivity index (χ1) is 12.9. The van der Waals surface area contributed by atoms with Crippen molar-refractivity contribution in [2.45, 2.75) is 12.6 Å². The molecule has 6 nitrogen and oxygen atoms in total. The number of aromatic nitrogens is 1. The SMILES string of the molecule is CN=C(NCC(c1ccccc1OC)N(C)C)N(C)Cc1cc(Br)cn1C. The molecule has 27 heavy (non-hydrogen) atoms. The van der Waals surface area contributed by atoms with Gasteiger partial charge in [-0.05, 0) is 42.2 Å². The van der Waals surface area contributed by atoms with Crippen LogP contribution in [0.15, 0.2) is 46.0 Å². The van der Waals surface area contributed by atoms with Gasteiger partial charge in [0.05, 0.1) is 19.7 Å². The number of methoxy groups -OCH3 is 1. The molecule has 0 aliphatic carbocycles. The van der Waals surface area contributed by atoms with Gasteiger partial charge in [-0.1, -0.05) is 18.2 Å². The number of aliphatic imine (C=N–C) groups is 1. The van der Waals surface area contributed by atoms with Crippen molar-refractivity contribution in [1.82, 2.24) is 19.7 Å². The number of benzene rings is 1. The third-order valence-corrected chi connectivity index (χ3v) is 5.06. The number of likely N-dealkylation sites (N-methyl/N-ethyl adjacent to an activating group) is 1. The standard InChI is InChI=1S/C20H30BrN5O/c1-22-20(26(5)14-16-11-15(21)13-25(16)4)23-12-18(24(2)3)17-9-7-8-10-19(17)27-6/h7-11,13,18H,12,14H2,1-6H3,(H,22,23). The van der Waals surface area contributed by atoms with Crippen LogP contribution in [0.2, 0.25) is 0 Å². The lowest BCUT2D eigenvalue weighted by molar-refractivity contribution is 0.285. The maximum atomic E-state index is 5.55. The second-order valence-corrected chi connectivity index (χ2v) is 7.68. The number of hydrogen-bond donors (Lipinski definition) is 1. The zero-order valence-electron chi connectivity index (χ0n) is 17.0. The summed E-state index contributed by atoms with van der Waals surface area (Å²) in [4.78, 5) is 8.76. The highest BCUT2D eigenvalue weighted by molar-refractivity contribution is 9.10. The van der Waals surface area contributed by atoms with E-state index in [9.17, 15) is 0 Å². The first kappa shape index (κ1) is 21.3. The lowest BCUT2D eigenvalue weighted by atomic mass is 10.0. The minimum atomic E-state index is 0.162. The molecule has 2 aromatic rings. The Hall–Kier alpha value is -1.99. The van der Waals surface area contributed by atoms with E-state index in [2.05, 4.69) is 73.0 Å². The third kappa shape index (κ3) is 5.49. The molecule has 0 bridgehead atoms. The number of nitrogens with one attached hydrogen (secondary N) is 1. The number of aryl methyl sites for hydroxylation is 1. The Kier molecular flexibility index (Phi) is 7.74. The van der Waals surface area contributed by atoms with Crippen molar-refractivity contribution in [3.05, 3.63) is 52.3 Å². The summed E-state index contributed by atoms with van der Waals surface area (Å²) in [5.41, 5.74) is 2.36. The highest BCUT2D eigenvalue weighted by Crippen LogP contribution is 2.27. The lowest BCUT2D eigenvalue weighted by Gasteiger charge is -2.29. The minimum Gasteiger partial charge on any atom is -0.496 e. The van der Waals surface area contributed by atoms with E-state index in [-0.39, 0.29) is 6.04 Å². The molecule has 1 atom stereocenters. The Morgan fingerprint density at radius 2 is 2.00 bits per heavy atom. The number of ether oxygens (including phenoxy) is 1. The smallest absolute Gasteiger partial charge is 0.193 e. The first-order valence-electron chi connectivity index (χ1n) is 8.89. The fourth-order valence-electron chi connectivity index (χ4n) is 3.13. The van der Waals surface area contributed by atoms with Crippen LogP contribution in [0.25, 0.3) is 0 Å². The molecule has 1 N–H and O–H groups in total. The van der Waals surface area contributed by atoms with Gasteiger partial charge in [0.1, 0.15) is 5.75 Å². The van der Waals surface area contributed by atoms with Crippen LogP contribution in [0, 0.1) is 0 Å². The Morgan fingerprint density at radius 3 is 2.56 bits per heavy atom. The molecule has 148 valence electrons. The Balaban J connectivity index is 2.09. The summed E-state index contributed by atoms with van der Waals surface area (Å²) in [6.45, 7) is 1.49. The fourth-order valence-corrected chi connectivity index (χ4v) is 3.70. The fraction of sp³-hybridized carbons (Fsp3) is 0.450. The van der Waals surface area contributed by atoms with Crippen LogP contribution in [-0.4, -0.2) is 62.2 Å². The van der Waals surface area contributed by atoms with Gasteiger partial charge in [-0.25, -0.2) is 0 Å². The van der Waals surface area contributed by atoms with Gasteiger partial charge in [0.2, 0.25) is 0 Å². The molecule has 1 aromatic carbocycles. The Bertz CT molecular complexity index is 771. The molecule has 2 rings (SSSR count). The van der Waals surface area contributed by atoms with Crippen LogP contribution < -0.4 is 10.1 Å². The van der Waals surface area contributed by atoms with E-state index < -0.39 is 0 Å². The summed E-state index contributed by atoms with van der Waals surface area (Å²) < 4.78 is 8.75. The highest BCUT2D eigenvalue weighted by Gasteiger charge is 2.19. The summed E-state index contributed by atoms with van der Waals surface area (Å²) in [5.74, 6) is 1.75. The predicted octanol–water partition coefficient (Wildman–Crippen LogP) is 3.11. The van der Waals surface area contributed by atoms with Gasteiger partial charge in [-0.15, -0.1) is 0 Å². The second-order valence-electron chi connectivity index (χ2n) is 6.77. The van der Waals surface area contributed by atoms with Crippen LogP contribution in [0.4, 0.5) is 0 Å². The molecule has 0 aliphatic heterocycles. The highest BCUT2D eigenvalue weighted by atomic mass is 79.9. The van der Waals surface area contributed by atoms with Crippen molar-refractivity contribution >= 4 is 21.9 Å². The summed E-state index contributed by atoms with van der Waals surface area (Å²) in [6.07, 6.45) is 2.06. The van der Waals surface area contributed by atoms with Gasteiger partial charge in [0, 0.05) is 49.6 Å². The molecule has 0 saturated carbocycles. The van der Waals surface area contributed by atoms with Gasteiger partial charge in [-0.2, -0.15) is 0 Å². The predicted molar refractivity (Wildman–Crippen MR) is 115 cm³/mol. The van der Waals surface area contributed by atoms with Crippen molar-refractivity contribution in [1.29, 1.82) is 0 Å².